The highest BCUT2D eigenvalue weighted by atomic mass is 16.7. The maximum Gasteiger partial charge on any atom is 0.311 e. The summed E-state index contributed by atoms with van der Waals surface area (Å²) in [5, 5.41) is 5.64. The molecule has 0 spiro atoms. The third-order valence-electron chi connectivity index (χ3n) is 10.0. The number of benzene rings is 3. The van der Waals surface area contributed by atoms with Crippen molar-refractivity contribution in [3.63, 3.8) is 0 Å². The van der Waals surface area contributed by atoms with Crippen LogP contribution < -0.4 is 4.74 Å². The molecule has 0 radical (unpaired) electrons. The second-order valence-corrected chi connectivity index (χ2v) is 19.9. The van der Waals surface area contributed by atoms with E-state index >= 15 is 0 Å². The van der Waals surface area contributed by atoms with Crippen molar-refractivity contribution in [3.8, 4) is 5.88 Å². The van der Waals surface area contributed by atoms with Crippen LogP contribution in [0.5, 0.6) is 5.88 Å². The number of fused-ring (bicyclic) bond motifs is 1. The maximum absolute atomic E-state index is 13.9. The number of ether oxygens (including phenoxy) is 7. The van der Waals surface area contributed by atoms with Crippen molar-refractivity contribution in [3.05, 3.63) is 95.6 Å². The summed E-state index contributed by atoms with van der Waals surface area (Å²) in [5.74, 6) is -2.38. The normalized spacial score (nSPS) is 19.7. The molecule has 0 unspecified atom stereocenters. The van der Waals surface area contributed by atoms with Crippen molar-refractivity contribution < 1.29 is 52.3 Å². The summed E-state index contributed by atoms with van der Waals surface area (Å²) in [6, 6.07) is 25.7. The zero-order chi connectivity index (χ0) is 45.6. The Kier molecular flexibility index (Phi) is 15.0. The Morgan fingerprint density at radius 1 is 0.613 bits per heavy atom. The van der Waals surface area contributed by atoms with Gasteiger partial charge in [0.15, 0.2) is 12.2 Å². The molecule has 1 aliphatic rings. The van der Waals surface area contributed by atoms with Gasteiger partial charge in [-0.1, -0.05) is 72.8 Å². The Balaban J connectivity index is 1.65. The van der Waals surface area contributed by atoms with Crippen LogP contribution in [0.1, 0.15) is 99.8 Å². The van der Waals surface area contributed by atoms with Crippen molar-refractivity contribution in [1.29, 1.82) is 0 Å². The Bertz CT molecular complexity index is 2160. The van der Waals surface area contributed by atoms with Crippen LogP contribution in [0.25, 0.3) is 10.9 Å². The molecule has 62 heavy (non-hydrogen) atoms. The monoisotopic (exact) mass is 856 g/mol. The summed E-state index contributed by atoms with van der Waals surface area (Å²) >= 11 is 0. The molecule has 13 heteroatoms. The second-order valence-electron chi connectivity index (χ2n) is 19.9. The number of carbonyl (C=O) groups excluding carboxylic acids is 4. The zero-order valence-corrected chi connectivity index (χ0v) is 38.3. The van der Waals surface area contributed by atoms with Gasteiger partial charge in [0.05, 0.1) is 52.3 Å². The van der Waals surface area contributed by atoms with Gasteiger partial charge in [0.2, 0.25) is 18.3 Å². The standard InChI is InChI=1S/C49H64N2O11/c1-46(2,3)42(52)57-30-35-37(59-43(53)47(4,5)6)38(60-44(54)48(7,8)9)39(61-45(55)49(10,11)12)41(58-35)62-40-36-33(28-31-20-15-13-16-21-31)24-19-25-34(36)51(50-40)26-27-56-29-32-22-17-14-18-23-32/h13-25,35,37-39,41H,26-30H2,1-12H3/t35-,37-,38+,39-,41+/m1/s1. The van der Waals surface area contributed by atoms with Gasteiger partial charge in [-0.2, -0.15) is 0 Å². The van der Waals surface area contributed by atoms with Crippen molar-refractivity contribution in [2.45, 2.75) is 133 Å². The molecule has 2 heterocycles. The summed E-state index contributed by atoms with van der Waals surface area (Å²) < 4.78 is 45.7. The van der Waals surface area contributed by atoms with E-state index in [0.717, 1.165) is 22.2 Å². The lowest BCUT2D eigenvalue weighted by Gasteiger charge is -2.45. The molecule has 0 N–H and O–H groups in total. The van der Waals surface area contributed by atoms with E-state index in [9.17, 15) is 19.2 Å². The van der Waals surface area contributed by atoms with Crippen LogP contribution in [-0.4, -0.2) is 77.6 Å². The van der Waals surface area contributed by atoms with Gasteiger partial charge in [-0.15, -0.1) is 5.10 Å². The number of hydrogen-bond acceptors (Lipinski definition) is 12. The molecule has 5 rings (SSSR count). The molecule has 336 valence electrons. The molecule has 3 aromatic carbocycles. The van der Waals surface area contributed by atoms with Gasteiger partial charge in [0.1, 0.15) is 12.7 Å². The van der Waals surface area contributed by atoms with Crippen molar-refractivity contribution in [2.24, 2.45) is 21.7 Å². The highest BCUT2D eigenvalue weighted by molar-refractivity contribution is 5.88. The summed E-state index contributed by atoms with van der Waals surface area (Å²) in [6.45, 7) is 20.9. The van der Waals surface area contributed by atoms with Crippen molar-refractivity contribution in [2.75, 3.05) is 13.2 Å². The predicted molar refractivity (Wildman–Crippen MR) is 233 cm³/mol. The molecule has 0 amide bonds. The third kappa shape index (κ3) is 12.4. The van der Waals surface area contributed by atoms with Crippen LogP contribution in [0.3, 0.4) is 0 Å². The Labute approximate surface area is 365 Å². The first-order valence-electron chi connectivity index (χ1n) is 21.2. The third-order valence-corrected chi connectivity index (χ3v) is 10.0. The quantitative estimate of drug-likeness (QED) is 0.0681. The molecule has 1 aromatic heterocycles. The highest BCUT2D eigenvalue weighted by Crippen LogP contribution is 2.38. The van der Waals surface area contributed by atoms with Gasteiger partial charge < -0.3 is 33.2 Å². The highest BCUT2D eigenvalue weighted by Gasteiger charge is 2.56. The molecule has 0 saturated carbocycles. The van der Waals surface area contributed by atoms with Crippen molar-refractivity contribution in [1.82, 2.24) is 9.78 Å². The Hall–Kier alpha value is -5.27. The molecular weight excluding hydrogens is 793 g/mol. The van der Waals surface area contributed by atoms with Gasteiger partial charge >= 0.3 is 23.9 Å². The SMILES string of the molecule is CC(C)(C)C(=O)OC[C@H]1O[C@@H](Oc2nn(CCOCc3ccccc3)c3cccc(Cc4ccccc4)c23)[C@H](OC(=O)C(C)(C)C)[C@@H](OC(=O)C(C)(C)C)[C@@H]1OC(=O)C(C)(C)C. The zero-order valence-electron chi connectivity index (χ0n) is 38.3. The molecule has 13 nitrogen and oxygen atoms in total. The Morgan fingerprint density at radius 2 is 1.13 bits per heavy atom. The van der Waals surface area contributed by atoms with E-state index in [4.69, 9.17) is 38.3 Å². The smallest absolute Gasteiger partial charge is 0.311 e. The average Bonchev–Trinajstić information content (AvgIpc) is 3.54. The van der Waals surface area contributed by atoms with Crippen LogP contribution in [0, 0.1) is 21.7 Å². The summed E-state index contributed by atoms with van der Waals surface area (Å²) in [5.41, 5.74) is -0.247. The van der Waals surface area contributed by atoms with Gasteiger partial charge in [-0.3, -0.25) is 23.9 Å². The largest absolute Gasteiger partial charge is 0.462 e. The van der Waals surface area contributed by atoms with Crippen LogP contribution in [0.15, 0.2) is 78.9 Å². The number of hydrogen-bond donors (Lipinski definition) is 0. The first-order chi connectivity index (χ1) is 28.9. The molecule has 1 saturated heterocycles. The minimum Gasteiger partial charge on any atom is -0.462 e. The van der Waals surface area contributed by atoms with Gasteiger partial charge in [0.25, 0.3) is 0 Å². The number of nitrogens with zero attached hydrogens (tertiary/aromatic N) is 2. The second kappa shape index (κ2) is 19.4. The van der Waals surface area contributed by atoms with Gasteiger partial charge in [0, 0.05) is 0 Å². The van der Waals surface area contributed by atoms with E-state index in [0.29, 0.717) is 31.6 Å². The lowest BCUT2D eigenvalue weighted by Crippen LogP contribution is -2.65. The molecule has 0 bridgehead atoms. The molecular formula is C49H64N2O11. The molecule has 4 aromatic rings. The fraction of sp³-hybridized carbons (Fsp3) is 0.531. The first-order valence-corrected chi connectivity index (χ1v) is 21.2. The number of aromatic nitrogens is 2. The van der Waals surface area contributed by atoms with E-state index in [1.54, 1.807) is 87.8 Å². The van der Waals surface area contributed by atoms with Gasteiger partial charge in [-0.25, -0.2) is 0 Å². The number of carbonyl (C=O) groups is 4. The molecule has 0 aliphatic carbocycles. The number of rotatable bonds is 14. The van der Waals surface area contributed by atoms with Crippen LogP contribution in [0.2, 0.25) is 0 Å². The average molecular weight is 857 g/mol. The van der Waals surface area contributed by atoms with Crippen molar-refractivity contribution >= 4 is 34.8 Å². The summed E-state index contributed by atoms with van der Waals surface area (Å²) in [6.07, 6.45) is -6.66. The van der Waals surface area contributed by atoms with Crippen LogP contribution in [-0.2, 0) is 67.2 Å². The summed E-state index contributed by atoms with van der Waals surface area (Å²) in [7, 11) is 0. The molecule has 5 atom stereocenters. The number of esters is 4. The lowest BCUT2D eigenvalue weighted by molar-refractivity contribution is -0.294. The minimum atomic E-state index is -1.52. The van der Waals surface area contributed by atoms with E-state index in [1.165, 1.54) is 0 Å². The van der Waals surface area contributed by atoms with E-state index in [-0.39, 0.29) is 5.88 Å². The topological polar surface area (TPSA) is 151 Å². The molecule has 1 fully saturated rings. The van der Waals surface area contributed by atoms with Crippen LogP contribution >= 0.6 is 0 Å². The first kappa shape index (κ1) is 47.8. The fourth-order valence-electron chi connectivity index (χ4n) is 6.29. The van der Waals surface area contributed by atoms with E-state index in [1.807, 2.05) is 78.9 Å². The van der Waals surface area contributed by atoms with Crippen LogP contribution in [0.4, 0.5) is 0 Å². The fourth-order valence-corrected chi connectivity index (χ4v) is 6.29. The summed E-state index contributed by atoms with van der Waals surface area (Å²) in [4.78, 5) is 54.7. The molecule has 1 aliphatic heterocycles. The van der Waals surface area contributed by atoms with Gasteiger partial charge in [-0.05, 0) is 112 Å². The Morgan fingerprint density at radius 3 is 1.68 bits per heavy atom. The van der Waals surface area contributed by atoms with E-state index in [2.05, 4.69) is 0 Å². The predicted octanol–water partition coefficient (Wildman–Crippen LogP) is 8.41. The minimum absolute atomic E-state index is 0.146. The lowest BCUT2D eigenvalue weighted by atomic mass is 9.93. The maximum atomic E-state index is 13.9. The van der Waals surface area contributed by atoms with E-state index < -0.39 is 82.8 Å².